The molecule has 5 aromatic rings. The molecule has 168 valence electrons. The summed E-state index contributed by atoms with van der Waals surface area (Å²) in [6.07, 6.45) is 3.46. The first-order valence-corrected chi connectivity index (χ1v) is 11.3. The molecule has 2 heterocycles. The lowest BCUT2D eigenvalue weighted by Gasteiger charge is -2.13. The van der Waals surface area contributed by atoms with Gasteiger partial charge < -0.3 is 10.6 Å². The van der Waals surface area contributed by atoms with E-state index in [9.17, 15) is 0 Å². The van der Waals surface area contributed by atoms with Crippen molar-refractivity contribution >= 4 is 51.5 Å². The molecule has 3 aromatic carbocycles. The number of thiocarbonyl (C=S) groups is 1. The van der Waals surface area contributed by atoms with Gasteiger partial charge in [0.05, 0.1) is 21.9 Å². The van der Waals surface area contributed by atoms with Crippen molar-refractivity contribution in [3.05, 3.63) is 89.3 Å². The highest BCUT2D eigenvalue weighted by Crippen LogP contribution is 2.26. The smallest absolute Gasteiger partial charge is 0.229 e. The van der Waals surface area contributed by atoms with Crippen molar-refractivity contribution in [2.24, 2.45) is 0 Å². The van der Waals surface area contributed by atoms with Gasteiger partial charge in [-0.2, -0.15) is 0 Å². The highest BCUT2D eigenvalue weighted by Gasteiger charge is 2.10. The number of hydrogen-bond acceptors (Lipinski definition) is 5. The zero-order valence-corrected chi connectivity index (χ0v) is 20.0. The summed E-state index contributed by atoms with van der Waals surface area (Å²) in [4.78, 5) is 13.4. The number of benzene rings is 3. The molecule has 7 nitrogen and oxygen atoms in total. The second kappa shape index (κ2) is 9.17. The summed E-state index contributed by atoms with van der Waals surface area (Å²) >= 11 is 11.7. The molecule has 0 bridgehead atoms. The molecule has 0 radical (unpaired) electrons. The van der Waals surface area contributed by atoms with Crippen molar-refractivity contribution in [3.8, 4) is 17.1 Å². The van der Waals surface area contributed by atoms with Crippen molar-refractivity contribution in [1.82, 2.24) is 24.7 Å². The van der Waals surface area contributed by atoms with E-state index in [1.54, 1.807) is 17.2 Å². The van der Waals surface area contributed by atoms with Crippen LogP contribution in [0.15, 0.2) is 73.2 Å². The molecule has 34 heavy (non-hydrogen) atoms. The van der Waals surface area contributed by atoms with Gasteiger partial charge in [0.1, 0.15) is 6.33 Å². The Balaban J connectivity index is 1.34. The molecule has 0 saturated heterocycles. The van der Waals surface area contributed by atoms with E-state index in [2.05, 4.69) is 37.6 Å². The Morgan fingerprint density at radius 1 is 0.971 bits per heavy atom. The normalized spacial score (nSPS) is 10.9. The highest BCUT2D eigenvalue weighted by molar-refractivity contribution is 7.80. The van der Waals surface area contributed by atoms with Crippen LogP contribution in [0.5, 0.6) is 0 Å². The van der Waals surface area contributed by atoms with Gasteiger partial charge >= 0.3 is 0 Å². The number of rotatable bonds is 4. The first-order valence-electron chi connectivity index (χ1n) is 10.6. The summed E-state index contributed by atoms with van der Waals surface area (Å²) in [6.45, 7) is 4.01. The molecule has 0 saturated carbocycles. The molecule has 0 aliphatic heterocycles. The van der Waals surface area contributed by atoms with Gasteiger partial charge in [0, 0.05) is 17.1 Å². The Bertz CT molecular complexity index is 1490. The molecular weight excluding hydrogens is 466 g/mol. The minimum absolute atomic E-state index is 0.359. The van der Waals surface area contributed by atoms with Gasteiger partial charge in [-0.3, -0.25) is 0 Å². The van der Waals surface area contributed by atoms with Crippen LogP contribution in [0.25, 0.3) is 28.0 Å². The van der Waals surface area contributed by atoms with E-state index < -0.39 is 0 Å². The van der Waals surface area contributed by atoms with Crippen molar-refractivity contribution in [3.63, 3.8) is 0 Å². The standard InChI is InChI=1S/C25H20ClN7S/c1-15-6-9-19(10-7-15)33-14-28-23(32-33)17-8-11-21-18(12-17)13-27-24(29-21)31-25(34)30-22-16(2)4-3-5-20(22)26/h3-14H,1-2H3,(H2,27,29,30,31,34). The van der Waals surface area contributed by atoms with Crippen molar-refractivity contribution in [1.29, 1.82) is 0 Å². The van der Waals surface area contributed by atoms with E-state index in [1.165, 1.54) is 5.56 Å². The van der Waals surface area contributed by atoms with Crippen LogP contribution >= 0.6 is 23.8 Å². The number of hydrogen-bond donors (Lipinski definition) is 2. The second-order valence-electron chi connectivity index (χ2n) is 7.83. The molecule has 0 amide bonds. The molecule has 0 fully saturated rings. The quantitative estimate of drug-likeness (QED) is 0.304. The van der Waals surface area contributed by atoms with Crippen LogP contribution in [0.3, 0.4) is 0 Å². The number of aryl methyl sites for hydroxylation is 2. The third-order valence-electron chi connectivity index (χ3n) is 5.31. The lowest BCUT2D eigenvalue weighted by Crippen LogP contribution is -2.21. The summed E-state index contributed by atoms with van der Waals surface area (Å²) < 4.78 is 1.76. The van der Waals surface area contributed by atoms with E-state index in [0.29, 0.717) is 21.9 Å². The predicted molar refractivity (Wildman–Crippen MR) is 141 cm³/mol. The average molecular weight is 486 g/mol. The Morgan fingerprint density at radius 2 is 1.79 bits per heavy atom. The van der Waals surface area contributed by atoms with Gasteiger partial charge in [0.15, 0.2) is 10.9 Å². The third-order valence-corrected chi connectivity index (χ3v) is 5.83. The van der Waals surface area contributed by atoms with Crippen LogP contribution in [0.4, 0.5) is 11.6 Å². The summed E-state index contributed by atoms with van der Waals surface area (Å²) in [5.41, 5.74) is 5.56. The third kappa shape index (κ3) is 4.59. The first kappa shape index (κ1) is 21.9. The molecule has 0 unspecified atom stereocenters. The number of nitrogens with zero attached hydrogens (tertiary/aromatic N) is 5. The van der Waals surface area contributed by atoms with Crippen molar-refractivity contribution < 1.29 is 0 Å². The minimum atomic E-state index is 0.359. The van der Waals surface area contributed by atoms with Gasteiger partial charge in [-0.25, -0.2) is 19.6 Å². The van der Waals surface area contributed by atoms with Gasteiger partial charge in [-0.05, 0) is 68.0 Å². The zero-order valence-electron chi connectivity index (χ0n) is 18.5. The van der Waals surface area contributed by atoms with Crippen molar-refractivity contribution in [2.45, 2.75) is 13.8 Å². The van der Waals surface area contributed by atoms with E-state index in [0.717, 1.165) is 33.4 Å². The number of halogens is 1. The maximum absolute atomic E-state index is 6.27. The van der Waals surface area contributed by atoms with Crippen molar-refractivity contribution in [2.75, 3.05) is 10.6 Å². The summed E-state index contributed by atoms with van der Waals surface area (Å²) in [5.74, 6) is 1.02. The molecule has 5 rings (SSSR count). The highest BCUT2D eigenvalue weighted by atomic mass is 35.5. The molecule has 0 atom stereocenters. The number of aromatic nitrogens is 5. The SMILES string of the molecule is Cc1ccc(-n2cnc(-c3ccc4nc(NC(=S)Nc5c(C)cccc5Cl)ncc4c3)n2)cc1. The molecule has 2 aromatic heterocycles. The lowest BCUT2D eigenvalue weighted by molar-refractivity contribution is 0.881. The maximum atomic E-state index is 6.27. The fourth-order valence-electron chi connectivity index (χ4n) is 3.49. The number of fused-ring (bicyclic) bond motifs is 1. The predicted octanol–water partition coefficient (Wildman–Crippen LogP) is 5.96. The Labute approximate surface area is 206 Å². The second-order valence-corrected chi connectivity index (χ2v) is 8.64. The van der Waals surface area contributed by atoms with E-state index >= 15 is 0 Å². The lowest BCUT2D eigenvalue weighted by atomic mass is 10.1. The molecule has 9 heteroatoms. The average Bonchev–Trinajstić information content (AvgIpc) is 3.32. The summed E-state index contributed by atoms with van der Waals surface area (Å²) in [7, 11) is 0. The maximum Gasteiger partial charge on any atom is 0.229 e. The van der Waals surface area contributed by atoms with Crippen LogP contribution < -0.4 is 10.6 Å². The molecule has 0 aliphatic carbocycles. The van der Waals surface area contributed by atoms with E-state index in [4.69, 9.17) is 23.8 Å². The van der Waals surface area contributed by atoms with Gasteiger partial charge in [0.25, 0.3) is 0 Å². The fourth-order valence-corrected chi connectivity index (χ4v) is 3.95. The fraction of sp³-hybridized carbons (Fsp3) is 0.0800. The van der Waals surface area contributed by atoms with Crippen LogP contribution in [0.1, 0.15) is 11.1 Å². The molecular formula is C25H20ClN7S. The number of nitrogens with one attached hydrogen (secondary N) is 2. The molecule has 0 spiro atoms. The van der Waals surface area contributed by atoms with Crippen LogP contribution in [-0.2, 0) is 0 Å². The summed E-state index contributed by atoms with van der Waals surface area (Å²) in [5, 5.41) is 12.6. The number of para-hydroxylation sites is 1. The molecule has 2 N–H and O–H groups in total. The Morgan fingerprint density at radius 3 is 2.59 bits per heavy atom. The largest absolute Gasteiger partial charge is 0.331 e. The van der Waals surface area contributed by atoms with Crippen LogP contribution in [0, 0.1) is 13.8 Å². The zero-order chi connectivity index (χ0) is 23.7. The van der Waals surface area contributed by atoms with Gasteiger partial charge in [0.2, 0.25) is 5.95 Å². The van der Waals surface area contributed by atoms with Crippen LogP contribution in [-0.4, -0.2) is 29.8 Å². The summed E-state index contributed by atoms with van der Waals surface area (Å²) in [6, 6.07) is 19.6. The van der Waals surface area contributed by atoms with E-state index in [-0.39, 0.29) is 0 Å². The monoisotopic (exact) mass is 485 g/mol. The van der Waals surface area contributed by atoms with Gasteiger partial charge in [-0.1, -0.05) is 41.4 Å². The van der Waals surface area contributed by atoms with E-state index in [1.807, 2.05) is 67.6 Å². The molecule has 0 aliphatic rings. The Hall–Kier alpha value is -3.88. The van der Waals surface area contributed by atoms with Crippen LogP contribution in [0.2, 0.25) is 5.02 Å². The first-order chi connectivity index (χ1) is 16.5. The van der Waals surface area contributed by atoms with Gasteiger partial charge in [-0.15, -0.1) is 5.10 Å². The number of anilines is 2. The topological polar surface area (TPSA) is 80.5 Å². The Kier molecular flexibility index (Phi) is 5.91. The minimum Gasteiger partial charge on any atom is -0.331 e.